The molecule has 1 aromatic heterocycles. The number of amides is 1. The summed E-state index contributed by atoms with van der Waals surface area (Å²) in [5.74, 6) is -0.315. The summed E-state index contributed by atoms with van der Waals surface area (Å²) in [6, 6.07) is 9.05. The van der Waals surface area contributed by atoms with Gasteiger partial charge in [0, 0.05) is 11.6 Å². The van der Waals surface area contributed by atoms with E-state index in [0.29, 0.717) is 21.6 Å². The Kier molecular flexibility index (Phi) is 4.04. The smallest absolute Gasteiger partial charge is 0.291 e. The Morgan fingerprint density at radius 1 is 1.30 bits per heavy atom. The first-order valence-corrected chi connectivity index (χ1v) is 8.77. The number of carbonyl (C=O) groups excluding carboxylic acids is 1. The highest BCUT2D eigenvalue weighted by Crippen LogP contribution is 2.39. The Hall–Kier alpha value is -3.05. The molecule has 5 nitrogen and oxygen atoms in total. The van der Waals surface area contributed by atoms with Gasteiger partial charge in [-0.15, -0.1) is 6.58 Å². The van der Waals surface area contributed by atoms with E-state index in [2.05, 4.69) is 6.58 Å². The molecule has 136 valence electrons. The van der Waals surface area contributed by atoms with E-state index >= 15 is 0 Å². The fraction of sp³-hybridized carbons (Fsp3) is 0.143. The Labute approximate surface area is 160 Å². The molecule has 0 saturated carbocycles. The monoisotopic (exact) mass is 381 g/mol. The molecule has 0 fully saturated rings. The number of fused-ring (bicyclic) bond motifs is 2. The molecule has 0 saturated heterocycles. The molecule has 1 aliphatic rings. The first-order chi connectivity index (χ1) is 12.9. The maximum Gasteiger partial charge on any atom is 0.291 e. The summed E-state index contributed by atoms with van der Waals surface area (Å²) in [6.45, 7) is 5.74. The van der Waals surface area contributed by atoms with Crippen molar-refractivity contribution in [2.45, 2.75) is 13.0 Å². The molecule has 0 radical (unpaired) electrons. The predicted molar refractivity (Wildman–Crippen MR) is 103 cm³/mol. The number of nitrogens with zero attached hydrogens (tertiary/aromatic N) is 1. The van der Waals surface area contributed by atoms with Gasteiger partial charge in [0.25, 0.3) is 5.91 Å². The third-order valence-electron chi connectivity index (χ3n) is 4.76. The lowest BCUT2D eigenvalue weighted by Crippen LogP contribution is -2.29. The standard InChI is InChI=1S/C21H16ClNO4/c1-3-7-23-18(12-5-4-6-13(24)9-12)17-19(25)14-10-15(22)11(2)8-16(14)27-20(17)21(23)26/h3-6,8-10,18,24H,1,7H2,2H3/t18-/m1/s1. The molecule has 1 amide bonds. The third-order valence-corrected chi connectivity index (χ3v) is 5.17. The van der Waals surface area contributed by atoms with Crippen LogP contribution in [0.2, 0.25) is 5.02 Å². The van der Waals surface area contributed by atoms with E-state index in [9.17, 15) is 14.7 Å². The van der Waals surface area contributed by atoms with Crippen molar-refractivity contribution < 1.29 is 14.3 Å². The Bertz CT molecular complexity index is 1160. The van der Waals surface area contributed by atoms with E-state index in [4.69, 9.17) is 16.0 Å². The first kappa shape index (κ1) is 17.4. The SMILES string of the molecule is C=CCN1C(=O)c2oc3cc(C)c(Cl)cc3c(=O)c2[C@H]1c1cccc(O)c1. The summed E-state index contributed by atoms with van der Waals surface area (Å²) in [4.78, 5) is 27.7. The molecule has 2 heterocycles. The van der Waals surface area contributed by atoms with Crippen LogP contribution in [0.3, 0.4) is 0 Å². The van der Waals surface area contributed by atoms with Crippen LogP contribution in [0.5, 0.6) is 5.75 Å². The van der Waals surface area contributed by atoms with Gasteiger partial charge in [0.15, 0.2) is 5.43 Å². The van der Waals surface area contributed by atoms with Crippen molar-refractivity contribution in [3.63, 3.8) is 0 Å². The van der Waals surface area contributed by atoms with Gasteiger partial charge in [0.2, 0.25) is 5.76 Å². The van der Waals surface area contributed by atoms with Crippen LogP contribution in [0.15, 0.2) is 58.3 Å². The Balaban J connectivity index is 2.05. The zero-order valence-electron chi connectivity index (χ0n) is 14.5. The second-order valence-corrected chi connectivity index (χ2v) is 6.92. The van der Waals surface area contributed by atoms with E-state index in [0.717, 1.165) is 5.56 Å². The van der Waals surface area contributed by atoms with Crippen LogP contribution in [-0.4, -0.2) is 22.5 Å². The number of hydrogen-bond donors (Lipinski definition) is 1. The number of carbonyl (C=O) groups is 1. The van der Waals surface area contributed by atoms with Crippen LogP contribution in [0.4, 0.5) is 0 Å². The molecular weight excluding hydrogens is 366 g/mol. The molecule has 0 spiro atoms. The maximum atomic E-state index is 13.3. The van der Waals surface area contributed by atoms with Gasteiger partial charge in [-0.2, -0.15) is 0 Å². The lowest BCUT2D eigenvalue weighted by atomic mass is 9.98. The highest BCUT2D eigenvalue weighted by Gasteiger charge is 2.42. The van der Waals surface area contributed by atoms with E-state index in [1.54, 1.807) is 37.3 Å². The molecule has 1 atom stereocenters. The molecule has 0 unspecified atom stereocenters. The molecule has 0 aliphatic carbocycles. The van der Waals surface area contributed by atoms with Gasteiger partial charge in [0.05, 0.1) is 17.0 Å². The quantitative estimate of drug-likeness (QED) is 0.690. The summed E-state index contributed by atoms with van der Waals surface area (Å²) < 4.78 is 5.85. The zero-order valence-corrected chi connectivity index (χ0v) is 15.3. The minimum absolute atomic E-state index is 0.0180. The van der Waals surface area contributed by atoms with Crippen LogP contribution in [0.1, 0.15) is 33.3 Å². The van der Waals surface area contributed by atoms with Gasteiger partial charge in [0.1, 0.15) is 11.3 Å². The number of hydrogen-bond acceptors (Lipinski definition) is 4. The topological polar surface area (TPSA) is 70.8 Å². The van der Waals surface area contributed by atoms with Gasteiger partial charge >= 0.3 is 0 Å². The van der Waals surface area contributed by atoms with Gasteiger partial charge in [-0.3, -0.25) is 9.59 Å². The number of aromatic hydroxyl groups is 1. The van der Waals surface area contributed by atoms with Gasteiger partial charge in [-0.1, -0.05) is 29.8 Å². The van der Waals surface area contributed by atoms with Crippen molar-refractivity contribution >= 4 is 28.5 Å². The van der Waals surface area contributed by atoms with Crippen LogP contribution < -0.4 is 5.43 Å². The second-order valence-electron chi connectivity index (χ2n) is 6.52. The number of phenolic OH excluding ortho intramolecular Hbond substituents is 1. The largest absolute Gasteiger partial charge is 0.508 e. The lowest BCUT2D eigenvalue weighted by molar-refractivity contribution is 0.0748. The highest BCUT2D eigenvalue weighted by atomic mass is 35.5. The van der Waals surface area contributed by atoms with Crippen molar-refractivity contribution in [3.8, 4) is 5.75 Å². The molecule has 0 bridgehead atoms. The average Bonchev–Trinajstić information content (AvgIpc) is 2.90. The number of halogens is 1. The van der Waals surface area contributed by atoms with E-state index < -0.39 is 6.04 Å². The van der Waals surface area contributed by atoms with E-state index in [-0.39, 0.29) is 35.0 Å². The number of rotatable bonds is 3. The first-order valence-electron chi connectivity index (χ1n) is 8.40. The fourth-order valence-electron chi connectivity index (χ4n) is 3.51. The summed E-state index contributed by atoms with van der Waals surface area (Å²) in [5.41, 5.74) is 1.64. The van der Waals surface area contributed by atoms with Gasteiger partial charge in [-0.25, -0.2) is 0 Å². The van der Waals surface area contributed by atoms with E-state index in [1.807, 2.05) is 0 Å². The summed E-state index contributed by atoms with van der Waals surface area (Å²) in [6.07, 6.45) is 1.59. The summed E-state index contributed by atoms with van der Waals surface area (Å²) in [5, 5.41) is 10.6. The number of phenols is 1. The van der Waals surface area contributed by atoms with Crippen LogP contribution in [0.25, 0.3) is 11.0 Å². The second kappa shape index (κ2) is 6.28. The number of benzene rings is 2. The predicted octanol–water partition coefficient (Wildman–Crippen LogP) is 4.19. The molecule has 6 heteroatoms. The van der Waals surface area contributed by atoms with Crippen LogP contribution in [0, 0.1) is 6.92 Å². The van der Waals surface area contributed by atoms with Crippen molar-refractivity contribution in [3.05, 3.63) is 86.7 Å². The van der Waals surface area contributed by atoms with Crippen molar-refractivity contribution in [2.75, 3.05) is 6.54 Å². The minimum Gasteiger partial charge on any atom is -0.508 e. The van der Waals surface area contributed by atoms with Crippen molar-refractivity contribution in [1.82, 2.24) is 4.90 Å². The van der Waals surface area contributed by atoms with E-state index in [1.165, 1.54) is 17.0 Å². The Morgan fingerprint density at radius 2 is 2.07 bits per heavy atom. The van der Waals surface area contributed by atoms with Crippen molar-refractivity contribution in [1.29, 1.82) is 0 Å². The molecule has 4 rings (SSSR count). The summed E-state index contributed by atoms with van der Waals surface area (Å²) in [7, 11) is 0. The molecule has 1 aliphatic heterocycles. The summed E-state index contributed by atoms with van der Waals surface area (Å²) >= 11 is 6.19. The molecule has 1 N–H and O–H groups in total. The minimum atomic E-state index is -0.668. The fourth-order valence-corrected chi connectivity index (χ4v) is 3.67. The van der Waals surface area contributed by atoms with Crippen LogP contribution >= 0.6 is 11.6 Å². The lowest BCUT2D eigenvalue weighted by Gasteiger charge is -2.23. The molecule has 2 aromatic carbocycles. The van der Waals surface area contributed by atoms with Crippen LogP contribution in [-0.2, 0) is 0 Å². The third kappa shape index (κ3) is 2.62. The average molecular weight is 382 g/mol. The highest BCUT2D eigenvalue weighted by molar-refractivity contribution is 6.32. The molecular formula is C21H16ClNO4. The van der Waals surface area contributed by atoms with Gasteiger partial charge in [-0.05, 0) is 42.3 Å². The number of aryl methyl sites for hydroxylation is 1. The molecule has 3 aromatic rings. The Morgan fingerprint density at radius 3 is 2.78 bits per heavy atom. The maximum absolute atomic E-state index is 13.3. The van der Waals surface area contributed by atoms with Crippen molar-refractivity contribution in [2.24, 2.45) is 0 Å². The van der Waals surface area contributed by atoms with Gasteiger partial charge < -0.3 is 14.4 Å². The normalized spacial score (nSPS) is 16.0. The zero-order chi connectivity index (χ0) is 19.3. The molecule has 27 heavy (non-hydrogen) atoms.